The molecule has 2 aliphatic rings. The third-order valence-electron chi connectivity index (χ3n) is 7.15. The lowest BCUT2D eigenvalue weighted by atomic mass is 9.79. The molecule has 1 saturated heterocycles. The highest BCUT2D eigenvalue weighted by Crippen LogP contribution is 2.38. The minimum absolute atomic E-state index is 0.185. The second-order valence-corrected chi connectivity index (χ2v) is 10.1. The molecule has 186 valence electrons. The Hall–Kier alpha value is -2.75. The van der Waals surface area contributed by atoms with Gasteiger partial charge in [-0.3, -0.25) is 10.00 Å². The number of β-amino-alcohol motifs (C(OH)–C–C–N with tert-alkyl or cyclic N) is 1. The number of rotatable bonds is 6. The van der Waals surface area contributed by atoms with Gasteiger partial charge < -0.3 is 15.7 Å². The quantitative estimate of drug-likeness (QED) is 0.370. The number of nitrogens with zero attached hydrogens (tertiary/aromatic N) is 4. The third-order valence-corrected chi connectivity index (χ3v) is 7.42. The largest absolute Gasteiger partial charge is 0.392 e. The van der Waals surface area contributed by atoms with Crippen molar-refractivity contribution in [1.29, 1.82) is 0 Å². The molecule has 35 heavy (non-hydrogen) atoms. The minimum Gasteiger partial charge on any atom is -0.392 e. The Morgan fingerprint density at radius 2 is 1.91 bits per heavy atom. The molecule has 4 N–H and O–H groups in total. The van der Waals surface area contributed by atoms with Crippen LogP contribution in [0.3, 0.4) is 0 Å². The van der Waals surface area contributed by atoms with Crippen molar-refractivity contribution < 1.29 is 9.50 Å². The number of nitrogens with one attached hydrogen (secondary N) is 3. The van der Waals surface area contributed by atoms with E-state index < -0.39 is 0 Å². The zero-order valence-corrected chi connectivity index (χ0v) is 20.7. The first-order chi connectivity index (χ1) is 16.9. The molecule has 2 fully saturated rings. The van der Waals surface area contributed by atoms with Gasteiger partial charge in [-0.05, 0) is 75.1 Å². The van der Waals surface area contributed by atoms with Crippen molar-refractivity contribution in [2.75, 3.05) is 23.7 Å². The Kier molecular flexibility index (Phi) is 6.91. The molecule has 1 aromatic carbocycles. The van der Waals surface area contributed by atoms with E-state index in [2.05, 4.69) is 35.7 Å². The van der Waals surface area contributed by atoms with Crippen molar-refractivity contribution in [2.24, 2.45) is 0 Å². The molecule has 5 rings (SSSR count). The van der Waals surface area contributed by atoms with Crippen LogP contribution in [-0.2, 0) is 0 Å². The van der Waals surface area contributed by atoms with Gasteiger partial charge in [-0.25, -0.2) is 9.37 Å². The molecule has 3 heterocycles. The van der Waals surface area contributed by atoms with Crippen molar-refractivity contribution in [3.05, 3.63) is 52.1 Å². The van der Waals surface area contributed by atoms with Crippen LogP contribution in [0.25, 0.3) is 0 Å². The van der Waals surface area contributed by atoms with Crippen LogP contribution in [0.5, 0.6) is 0 Å². The molecule has 1 aliphatic heterocycles. The van der Waals surface area contributed by atoms with Gasteiger partial charge in [-0.2, -0.15) is 10.1 Å². The average Bonchev–Trinajstić information content (AvgIpc) is 3.46. The first kappa shape index (κ1) is 24.0. The molecular weight excluding hydrogens is 469 g/mol. The van der Waals surface area contributed by atoms with Gasteiger partial charge in [0.15, 0.2) is 11.6 Å². The first-order valence-corrected chi connectivity index (χ1v) is 12.5. The summed E-state index contributed by atoms with van der Waals surface area (Å²) in [7, 11) is 0. The van der Waals surface area contributed by atoms with Crippen LogP contribution in [0.15, 0.2) is 24.4 Å². The molecular formula is C25H31ClFN7O. The van der Waals surface area contributed by atoms with Crippen LogP contribution in [0.1, 0.15) is 54.8 Å². The van der Waals surface area contributed by atoms with Gasteiger partial charge in [-0.1, -0.05) is 11.6 Å². The Bertz CT molecular complexity index is 1190. The Morgan fingerprint density at radius 3 is 2.60 bits per heavy atom. The lowest BCUT2D eigenvalue weighted by Crippen LogP contribution is -2.36. The molecule has 1 saturated carbocycles. The van der Waals surface area contributed by atoms with Gasteiger partial charge >= 0.3 is 0 Å². The van der Waals surface area contributed by atoms with Gasteiger partial charge in [0.2, 0.25) is 5.95 Å². The maximum atomic E-state index is 15.2. The fourth-order valence-electron chi connectivity index (χ4n) is 5.32. The fourth-order valence-corrected chi connectivity index (χ4v) is 5.46. The van der Waals surface area contributed by atoms with Crippen LogP contribution in [-0.4, -0.2) is 55.4 Å². The van der Waals surface area contributed by atoms with E-state index in [0.29, 0.717) is 34.3 Å². The van der Waals surface area contributed by atoms with Crippen molar-refractivity contribution in [3.8, 4) is 0 Å². The first-order valence-electron chi connectivity index (χ1n) is 12.2. The molecule has 3 aromatic rings. The summed E-state index contributed by atoms with van der Waals surface area (Å²) in [6.45, 7) is 5.69. The lowest BCUT2D eigenvalue weighted by Gasteiger charge is -2.35. The summed E-state index contributed by atoms with van der Waals surface area (Å²) in [5.74, 6) is 1.22. The summed E-state index contributed by atoms with van der Waals surface area (Å²) in [6.07, 6.45) is 6.39. The van der Waals surface area contributed by atoms with Crippen LogP contribution in [0.4, 0.5) is 27.7 Å². The van der Waals surface area contributed by atoms with E-state index in [-0.39, 0.29) is 17.9 Å². The zero-order chi connectivity index (χ0) is 24.5. The zero-order valence-electron chi connectivity index (χ0n) is 20.0. The maximum absolute atomic E-state index is 15.2. The number of anilines is 4. The Labute approximate surface area is 209 Å². The van der Waals surface area contributed by atoms with Crippen LogP contribution in [0.2, 0.25) is 5.02 Å². The number of aliphatic hydroxyl groups excluding tert-OH is 1. The summed E-state index contributed by atoms with van der Waals surface area (Å²) in [4.78, 5) is 11.0. The molecule has 10 heteroatoms. The van der Waals surface area contributed by atoms with E-state index in [1.54, 1.807) is 6.07 Å². The highest BCUT2D eigenvalue weighted by atomic mass is 35.5. The van der Waals surface area contributed by atoms with Gasteiger partial charge in [0.25, 0.3) is 0 Å². The molecule has 1 aliphatic carbocycles. The number of aliphatic hydroxyl groups is 1. The summed E-state index contributed by atoms with van der Waals surface area (Å²) < 4.78 is 15.2. The molecule has 2 aromatic heterocycles. The van der Waals surface area contributed by atoms with E-state index in [1.165, 1.54) is 6.20 Å². The lowest BCUT2D eigenvalue weighted by molar-refractivity contribution is 0.138. The maximum Gasteiger partial charge on any atom is 0.229 e. The number of hydrogen-bond donors (Lipinski definition) is 4. The van der Waals surface area contributed by atoms with Gasteiger partial charge in [0.1, 0.15) is 10.8 Å². The SMILES string of the molecule is Cc1cc(Nc2nc(Nc3cc(C)c([C@H]4CC[C@H](N5CC[C@H](O)C5)CC4)cc3F)ncc2Cl)n[nH]1. The van der Waals surface area contributed by atoms with Gasteiger partial charge in [0, 0.05) is 30.9 Å². The predicted molar refractivity (Wildman–Crippen MR) is 135 cm³/mol. The highest BCUT2D eigenvalue weighted by Gasteiger charge is 2.31. The summed E-state index contributed by atoms with van der Waals surface area (Å²) in [5, 5.41) is 23.2. The number of aromatic amines is 1. The van der Waals surface area contributed by atoms with E-state index in [9.17, 15) is 5.11 Å². The number of likely N-dealkylation sites (tertiary alicyclic amines) is 1. The normalized spacial score (nSPS) is 22.9. The number of aromatic nitrogens is 4. The molecule has 8 nitrogen and oxygen atoms in total. The second-order valence-electron chi connectivity index (χ2n) is 9.71. The average molecular weight is 500 g/mol. The number of benzene rings is 1. The third kappa shape index (κ3) is 5.42. The Balaban J connectivity index is 1.27. The van der Waals surface area contributed by atoms with E-state index in [4.69, 9.17) is 11.6 Å². The number of aryl methyl sites for hydroxylation is 2. The number of halogens is 2. The van der Waals surface area contributed by atoms with Crippen molar-refractivity contribution in [3.63, 3.8) is 0 Å². The summed E-state index contributed by atoms with van der Waals surface area (Å²) in [5.41, 5.74) is 3.35. The predicted octanol–water partition coefficient (Wildman–Crippen LogP) is 5.19. The molecule has 1 atom stereocenters. The smallest absolute Gasteiger partial charge is 0.229 e. The second kappa shape index (κ2) is 10.1. The number of hydrogen-bond acceptors (Lipinski definition) is 7. The molecule has 0 spiro atoms. The molecule has 0 amide bonds. The van der Waals surface area contributed by atoms with E-state index >= 15 is 4.39 Å². The summed E-state index contributed by atoms with van der Waals surface area (Å²) in [6, 6.07) is 5.85. The highest BCUT2D eigenvalue weighted by molar-refractivity contribution is 6.32. The molecule has 0 bridgehead atoms. The van der Waals surface area contributed by atoms with Crippen LogP contribution in [0, 0.1) is 19.7 Å². The van der Waals surface area contributed by atoms with Crippen molar-refractivity contribution in [1.82, 2.24) is 25.1 Å². The standard InChI is InChI=1S/C25H31ClFN7O/c1-14-9-22(29-25-28-12-20(26)24(31-25)30-23-10-15(2)32-33-23)21(27)11-19(14)16-3-5-17(6-4-16)34-8-7-18(35)13-34/h9-12,16-18,35H,3-8,13H2,1-2H3,(H3,28,29,30,31,32,33)/t16-,17-,18-/m0/s1. The van der Waals surface area contributed by atoms with Crippen LogP contribution < -0.4 is 10.6 Å². The van der Waals surface area contributed by atoms with E-state index in [1.807, 2.05) is 26.0 Å². The fraction of sp³-hybridized carbons (Fsp3) is 0.480. The minimum atomic E-state index is -0.327. The van der Waals surface area contributed by atoms with Gasteiger partial charge in [0.05, 0.1) is 18.0 Å². The molecule has 0 radical (unpaired) electrons. The number of H-pyrrole nitrogens is 1. The monoisotopic (exact) mass is 499 g/mol. The molecule has 0 unspecified atom stereocenters. The van der Waals surface area contributed by atoms with Crippen molar-refractivity contribution >= 4 is 34.9 Å². The Morgan fingerprint density at radius 1 is 1.11 bits per heavy atom. The van der Waals surface area contributed by atoms with Gasteiger partial charge in [-0.15, -0.1) is 0 Å². The van der Waals surface area contributed by atoms with Crippen LogP contribution >= 0.6 is 11.6 Å². The topological polar surface area (TPSA) is 102 Å². The van der Waals surface area contributed by atoms with Crippen molar-refractivity contribution in [2.45, 2.75) is 64.0 Å². The summed E-state index contributed by atoms with van der Waals surface area (Å²) >= 11 is 6.24. The van der Waals surface area contributed by atoms with E-state index in [0.717, 1.165) is 62.0 Å².